The van der Waals surface area contributed by atoms with Crippen molar-refractivity contribution in [1.29, 1.82) is 0 Å². The van der Waals surface area contributed by atoms with Gasteiger partial charge in [0.2, 0.25) is 6.29 Å². The van der Waals surface area contributed by atoms with Gasteiger partial charge in [0.1, 0.15) is 0 Å². The second-order valence-corrected chi connectivity index (χ2v) is 1.23. The van der Waals surface area contributed by atoms with Crippen molar-refractivity contribution in [2.24, 2.45) is 0 Å². The first-order valence-electron chi connectivity index (χ1n) is 1.64. The standard InChI is InChI=1S/C3H6O3P/c1-2-3(4)6-7-5/h2-4,7H,1H2/q+1. The third kappa shape index (κ3) is 3.59. The van der Waals surface area contributed by atoms with Gasteiger partial charge in [-0.05, 0) is 10.6 Å². The minimum absolute atomic E-state index is 0.926. The van der Waals surface area contributed by atoms with Crippen LogP contribution in [0.25, 0.3) is 0 Å². The first kappa shape index (κ1) is 6.76. The average Bonchev–Trinajstić information content (AvgIpc) is 1.68. The van der Waals surface area contributed by atoms with Gasteiger partial charge < -0.3 is 5.11 Å². The molecule has 0 aliphatic heterocycles. The van der Waals surface area contributed by atoms with Crippen molar-refractivity contribution in [3.8, 4) is 0 Å². The first-order chi connectivity index (χ1) is 3.31. The normalized spacial score (nSPS) is 13.9. The van der Waals surface area contributed by atoms with Crippen LogP contribution < -0.4 is 0 Å². The van der Waals surface area contributed by atoms with Gasteiger partial charge in [-0.3, -0.25) is 0 Å². The second-order valence-electron chi connectivity index (χ2n) is 0.827. The lowest BCUT2D eigenvalue weighted by molar-refractivity contribution is 0.0362. The molecule has 40 valence electrons. The van der Waals surface area contributed by atoms with E-state index in [4.69, 9.17) is 5.11 Å². The van der Waals surface area contributed by atoms with Crippen LogP contribution in [0, 0.1) is 0 Å². The van der Waals surface area contributed by atoms with Crippen LogP contribution in [0.5, 0.6) is 0 Å². The van der Waals surface area contributed by atoms with Gasteiger partial charge in [-0.2, -0.15) is 0 Å². The molecule has 0 heterocycles. The van der Waals surface area contributed by atoms with Crippen molar-refractivity contribution >= 4 is 8.69 Å². The third-order valence-electron chi connectivity index (χ3n) is 0.370. The molecule has 0 aromatic rings. The van der Waals surface area contributed by atoms with Crippen molar-refractivity contribution in [2.45, 2.75) is 6.29 Å². The molecule has 3 nitrogen and oxygen atoms in total. The minimum Gasteiger partial charge on any atom is -0.361 e. The highest BCUT2D eigenvalue weighted by molar-refractivity contribution is 7.17. The molecule has 0 rings (SSSR count). The second kappa shape index (κ2) is 3.93. The summed E-state index contributed by atoms with van der Waals surface area (Å²) in [5, 5.41) is 8.32. The Morgan fingerprint density at radius 1 is 2.00 bits per heavy atom. The predicted octanol–water partition coefficient (Wildman–Crippen LogP) is 0.446. The Hall–Kier alpha value is -0.240. The Balaban J connectivity index is 3.15. The summed E-state index contributed by atoms with van der Waals surface area (Å²) in [4.78, 5) is 0. The molecule has 0 amide bonds. The summed E-state index contributed by atoms with van der Waals surface area (Å²) in [6, 6.07) is 0. The number of aliphatic hydroxyl groups is 1. The maximum atomic E-state index is 9.50. The fourth-order valence-electron chi connectivity index (χ4n) is 0.0974. The SMILES string of the molecule is C=CC(O)O[PH+]=O. The van der Waals surface area contributed by atoms with Crippen LogP contribution in [0.15, 0.2) is 12.7 Å². The van der Waals surface area contributed by atoms with Crippen molar-refractivity contribution in [2.75, 3.05) is 0 Å². The lowest BCUT2D eigenvalue weighted by Gasteiger charge is -1.86. The van der Waals surface area contributed by atoms with E-state index in [2.05, 4.69) is 11.1 Å². The topological polar surface area (TPSA) is 46.5 Å². The summed E-state index contributed by atoms with van der Waals surface area (Å²) in [6.45, 7) is 3.17. The van der Waals surface area contributed by atoms with Crippen molar-refractivity contribution < 1.29 is 14.2 Å². The van der Waals surface area contributed by atoms with Crippen LogP contribution in [0.1, 0.15) is 0 Å². The fraction of sp³-hybridized carbons (Fsp3) is 0.333. The van der Waals surface area contributed by atoms with Gasteiger partial charge in [0.15, 0.2) is 0 Å². The van der Waals surface area contributed by atoms with E-state index in [-0.39, 0.29) is 0 Å². The highest BCUT2D eigenvalue weighted by Crippen LogP contribution is 1.98. The van der Waals surface area contributed by atoms with Gasteiger partial charge in [-0.1, -0.05) is 6.58 Å². The van der Waals surface area contributed by atoms with E-state index in [9.17, 15) is 4.57 Å². The molecule has 0 aromatic carbocycles. The van der Waals surface area contributed by atoms with E-state index in [0.29, 0.717) is 0 Å². The molecule has 0 saturated carbocycles. The molecule has 0 aliphatic carbocycles. The molecule has 0 spiro atoms. The summed E-state index contributed by atoms with van der Waals surface area (Å²) in [5.74, 6) is 0. The smallest absolute Gasteiger partial charge is 0.361 e. The fourth-order valence-corrected chi connectivity index (χ4v) is 0.292. The summed E-state index contributed by atoms with van der Waals surface area (Å²) < 4.78 is 13.6. The van der Waals surface area contributed by atoms with Crippen LogP contribution in [0.4, 0.5) is 0 Å². The quantitative estimate of drug-likeness (QED) is 0.335. The van der Waals surface area contributed by atoms with Gasteiger partial charge in [-0.15, -0.1) is 4.52 Å². The van der Waals surface area contributed by atoms with Crippen LogP contribution in [0.3, 0.4) is 0 Å². The van der Waals surface area contributed by atoms with Crippen molar-refractivity contribution in [3.05, 3.63) is 12.7 Å². The first-order valence-corrected chi connectivity index (χ1v) is 2.46. The highest BCUT2D eigenvalue weighted by atomic mass is 31.1. The van der Waals surface area contributed by atoms with Crippen molar-refractivity contribution in [3.63, 3.8) is 0 Å². The Bertz CT molecular complexity index is 72.6. The zero-order valence-corrected chi connectivity index (χ0v) is 4.63. The molecular formula is C3H6O3P+. The maximum absolute atomic E-state index is 9.50. The van der Waals surface area contributed by atoms with E-state index in [1.165, 1.54) is 0 Å². The Morgan fingerprint density at radius 3 is 2.71 bits per heavy atom. The number of rotatable bonds is 3. The maximum Gasteiger partial charge on any atom is 0.497 e. The van der Waals surface area contributed by atoms with Gasteiger partial charge >= 0.3 is 8.69 Å². The molecule has 4 heteroatoms. The molecule has 0 aliphatic rings. The molecule has 1 N–H and O–H groups in total. The van der Waals surface area contributed by atoms with E-state index in [1.807, 2.05) is 0 Å². The monoisotopic (exact) mass is 121 g/mol. The molecule has 0 bridgehead atoms. The molecule has 7 heavy (non-hydrogen) atoms. The zero-order chi connectivity index (χ0) is 5.70. The van der Waals surface area contributed by atoms with E-state index in [1.54, 1.807) is 0 Å². The Labute approximate surface area is 42.9 Å². The van der Waals surface area contributed by atoms with E-state index >= 15 is 0 Å². The van der Waals surface area contributed by atoms with Crippen LogP contribution in [0.2, 0.25) is 0 Å². The largest absolute Gasteiger partial charge is 0.497 e. The third-order valence-corrected chi connectivity index (χ3v) is 0.708. The molecule has 2 unspecified atom stereocenters. The zero-order valence-electron chi connectivity index (χ0n) is 3.63. The summed E-state index contributed by atoms with van der Waals surface area (Å²) in [5.41, 5.74) is 0. The molecule has 0 saturated heterocycles. The number of hydrogen-bond donors (Lipinski definition) is 1. The van der Waals surface area contributed by atoms with Gasteiger partial charge in [0.25, 0.3) is 0 Å². The average molecular weight is 121 g/mol. The molecule has 0 aromatic heterocycles. The van der Waals surface area contributed by atoms with Gasteiger partial charge in [-0.25, -0.2) is 0 Å². The summed E-state index contributed by atoms with van der Waals surface area (Å²) >= 11 is 0. The summed E-state index contributed by atoms with van der Waals surface area (Å²) in [6.07, 6.45) is 0.0566. The molecule has 2 atom stereocenters. The van der Waals surface area contributed by atoms with Gasteiger partial charge in [0, 0.05) is 0 Å². The summed E-state index contributed by atoms with van der Waals surface area (Å²) in [7, 11) is -0.926. The molecule has 0 radical (unpaired) electrons. The van der Waals surface area contributed by atoms with E-state index in [0.717, 1.165) is 6.08 Å². The number of aliphatic hydroxyl groups excluding tert-OH is 1. The van der Waals surface area contributed by atoms with Crippen LogP contribution >= 0.6 is 8.69 Å². The molecule has 0 fully saturated rings. The highest BCUT2D eigenvalue weighted by Gasteiger charge is 1.99. The number of hydrogen-bond acceptors (Lipinski definition) is 3. The van der Waals surface area contributed by atoms with Crippen molar-refractivity contribution in [1.82, 2.24) is 0 Å². The minimum atomic E-state index is -1.09. The Kier molecular flexibility index (Phi) is 3.80. The molecular weight excluding hydrogens is 115 g/mol. The lowest BCUT2D eigenvalue weighted by Crippen LogP contribution is -1.98. The van der Waals surface area contributed by atoms with E-state index < -0.39 is 15.0 Å². The van der Waals surface area contributed by atoms with Crippen LogP contribution in [-0.4, -0.2) is 11.4 Å². The predicted molar refractivity (Wildman–Crippen MR) is 26.3 cm³/mol. The Morgan fingerprint density at radius 2 is 2.57 bits per heavy atom. The van der Waals surface area contributed by atoms with Crippen LogP contribution in [-0.2, 0) is 9.09 Å². The lowest BCUT2D eigenvalue weighted by atomic mass is 10.6. The van der Waals surface area contributed by atoms with Gasteiger partial charge in [0.05, 0.1) is 0 Å².